The Balaban J connectivity index is 1.64. The Hall–Kier alpha value is -1.49. The van der Waals surface area contributed by atoms with Crippen molar-refractivity contribution in [3.63, 3.8) is 0 Å². The van der Waals surface area contributed by atoms with Crippen LogP contribution < -0.4 is 4.72 Å². The number of aliphatic hydroxyl groups excluding tert-OH is 1. The Kier molecular flexibility index (Phi) is 6.67. The van der Waals surface area contributed by atoms with E-state index in [1.807, 2.05) is 0 Å². The standard InChI is InChI=1S/C19H23ClN2O5S2/c1-14(23)15-2-6-18(7-3-15)28(24,25)21-17-10-12-22(13-11-17)29(26,27)19-8-4-16(20)5-9-19/h2-9,14,17,21,23H,10-13H2,1H3. The number of benzene rings is 2. The molecular formula is C19H23ClN2O5S2. The molecule has 1 atom stereocenters. The van der Waals surface area contributed by atoms with Crippen LogP contribution in [0.2, 0.25) is 5.02 Å². The Labute approximate surface area is 176 Å². The molecule has 0 saturated carbocycles. The van der Waals surface area contributed by atoms with Crippen molar-refractivity contribution in [2.45, 2.75) is 41.7 Å². The first kappa shape index (κ1) is 22.2. The van der Waals surface area contributed by atoms with Crippen molar-refractivity contribution in [1.82, 2.24) is 9.03 Å². The van der Waals surface area contributed by atoms with Gasteiger partial charge >= 0.3 is 0 Å². The lowest BCUT2D eigenvalue weighted by Gasteiger charge is -2.31. The van der Waals surface area contributed by atoms with E-state index in [-0.39, 0.29) is 28.9 Å². The molecule has 2 aromatic carbocycles. The van der Waals surface area contributed by atoms with E-state index in [1.165, 1.54) is 40.7 Å². The minimum absolute atomic E-state index is 0.109. The molecule has 1 unspecified atom stereocenters. The molecule has 0 radical (unpaired) electrons. The lowest BCUT2D eigenvalue weighted by Crippen LogP contribution is -2.46. The van der Waals surface area contributed by atoms with Crippen molar-refractivity contribution in [2.75, 3.05) is 13.1 Å². The molecule has 3 rings (SSSR count). The normalized spacial score (nSPS) is 17.9. The molecule has 1 aliphatic rings. The highest BCUT2D eigenvalue weighted by Crippen LogP contribution is 2.23. The summed E-state index contributed by atoms with van der Waals surface area (Å²) >= 11 is 5.82. The monoisotopic (exact) mass is 458 g/mol. The number of rotatable bonds is 6. The maximum Gasteiger partial charge on any atom is 0.243 e. The average Bonchev–Trinajstić information content (AvgIpc) is 2.68. The van der Waals surface area contributed by atoms with Gasteiger partial charge in [0.1, 0.15) is 0 Å². The van der Waals surface area contributed by atoms with Crippen LogP contribution in [0.15, 0.2) is 58.3 Å². The molecule has 0 aromatic heterocycles. The van der Waals surface area contributed by atoms with Crippen molar-refractivity contribution in [2.24, 2.45) is 0 Å². The van der Waals surface area contributed by atoms with Gasteiger partial charge in [-0.3, -0.25) is 0 Å². The van der Waals surface area contributed by atoms with Gasteiger partial charge in [-0.25, -0.2) is 21.6 Å². The first-order valence-corrected chi connectivity index (χ1v) is 12.5. The Morgan fingerprint density at radius 1 is 0.966 bits per heavy atom. The minimum Gasteiger partial charge on any atom is -0.389 e. The second kappa shape index (κ2) is 8.71. The van der Waals surface area contributed by atoms with Gasteiger partial charge in [-0.1, -0.05) is 23.7 Å². The second-order valence-corrected chi connectivity index (χ2v) is 11.1. The van der Waals surface area contributed by atoms with Crippen LogP contribution in [0.25, 0.3) is 0 Å². The van der Waals surface area contributed by atoms with Crippen molar-refractivity contribution in [3.05, 3.63) is 59.1 Å². The lowest BCUT2D eigenvalue weighted by atomic mass is 10.1. The Bertz CT molecular complexity index is 1040. The van der Waals surface area contributed by atoms with Gasteiger partial charge in [0.25, 0.3) is 0 Å². The predicted molar refractivity (Wildman–Crippen MR) is 111 cm³/mol. The number of hydrogen-bond acceptors (Lipinski definition) is 5. The lowest BCUT2D eigenvalue weighted by molar-refractivity contribution is 0.199. The summed E-state index contributed by atoms with van der Waals surface area (Å²) in [6.45, 7) is 2.05. The SMILES string of the molecule is CC(O)c1ccc(S(=O)(=O)NC2CCN(S(=O)(=O)c3ccc(Cl)cc3)CC2)cc1. The maximum absolute atomic E-state index is 12.7. The number of piperidine rings is 1. The molecule has 1 heterocycles. The van der Waals surface area contributed by atoms with Crippen molar-refractivity contribution >= 4 is 31.6 Å². The highest BCUT2D eigenvalue weighted by Gasteiger charge is 2.31. The van der Waals surface area contributed by atoms with E-state index >= 15 is 0 Å². The fourth-order valence-electron chi connectivity index (χ4n) is 3.18. The van der Waals surface area contributed by atoms with E-state index in [1.54, 1.807) is 19.1 Å². The molecule has 0 amide bonds. The first-order valence-electron chi connectivity index (χ1n) is 9.16. The number of nitrogens with zero attached hydrogens (tertiary/aromatic N) is 1. The molecule has 2 aromatic rings. The van der Waals surface area contributed by atoms with Gasteiger partial charge in [-0.15, -0.1) is 0 Å². The van der Waals surface area contributed by atoms with Crippen LogP contribution in [0.3, 0.4) is 0 Å². The molecule has 1 fully saturated rings. The summed E-state index contributed by atoms with van der Waals surface area (Å²) in [5.41, 5.74) is 0.629. The summed E-state index contributed by atoms with van der Waals surface area (Å²) in [5, 5.41) is 10.00. The van der Waals surface area contributed by atoms with Gasteiger partial charge in [-0.2, -0.15) is 4.31 Å². The Morgan fingerprint density at radius 2 is 1.48 bits per heavy atom. The molecule has 158 valence electrons. The number of hydrogen-bond donors (Lipinski definition) is 2. The van der Waals surface area contributed by atoms with E-state index in [2.05, 4.69) is 4.72 Å². The average molecular weight is 459 g/mol. The molecular weight excluding hydrogens is 436 g/mol. The molecule has 10 heteroatoms. The molecule has 2 N–H and O–H groups in total. The zero-order valence-electron chi connectivity index (χ0n) is 15.8. The molecule has 0 spiro atoms. The number of aliphatic hydroxyl groups is 1. The minimum atomic E-state index is -3.73. The van der Waals surface area contributed by atoms with Gasteiger partial charge in [0.2, 0.25) is 20.0 Å². The zero-order chi connectivity index (χ0) is 21.2. The van der Waals surface area contributed by atoms with Gasteiger partial charge in [0, 0.05) is 24.2 Å². The van der Waals surface area contributed by atoms with Crippen molar-refractivity contribution in [3.8, 4) is 0 Å². The number of halogens is 1. The van der Waals surface area contributed by atoms with Gasteiger partial charge in [0.15, 0.2) is 0 Å². The highest BCUT2D eigenvalue weighted by molar-refractivity contribution is 7.89. The molecule has 1 aliphatic heterocycles. The van der Waals surface area contributed by atoms with Crippen LogP contribution in [0, 0.1) is 0 Å². The number of nitrogens with one attached hydrogen (secondary N) is 1. The third-order valence-electron chi connectivity index (χ3n) is 4.90. The molecule has 7 nitrogen and oxygen atoms in total. The van der Waals surface area contributed by atoms with Gasteiger partial charge < -0.3 is 5.11 Å². The predicted octanol–water partition coefficient (Wildman–Crippen LogP) is 2.52. The summed E-state index contributed by atoms with van der Waals surface area (Å²) in [6.07, 6.45) is 0.0712. The molecule has 29 heavy (non-hydrogen) atoms. The smallest absolute Gasteiger partial charge is 0.243 e. The van der Waals surface area contributed by atoms with Gasteiger partial charge in [-0.05, 0) is 61.7 Å². The maximum atomic E-state index is 12.7. The zero-order valence-corrected chi connectivity index (χ0v) is 18.2. The van der Waals surface area contributed by atoms with Crippen LogP contribution in [0.4, 0.5) is 0 Å². The summed E-state index contributed by atoms with van der Waals surface area (Å²) < 4.78 is 54.6. The first-order chi connectivity index (χ1) is 13.6. The molecule has 0 bridgehead atoms. The van der Waals surface area contributed by atoms with E-state index in [0.29, 0.717) is 23.4 Å². The molecule has 1 saturated heterocycles. The van der Waals surface area contributed by atoms with Crippen LogP contribution in [-0.2, 0) is 20.0 Å². The Morgan fingerprint density at radius 3 is 2.00 bits per heavy atom. The van der Waals surface area contributed by atoms with Crippen LogP contribution in [-0.4, -0.2) is 45.4 Å². The molecule has 0 aliphatic carbocycles. The van der Waals surface area contributed by atoms with E-state index < -0.39 is 26.2 Å². The summed E-state index contributed by atoms with van der Waals surface area (Å²) in [7, 11) is -7.36. The van der Waals surface area contributed by atoms with Crippen LogP contribution in [0.1, 0.15) is 31.4 Å². The largest absolute Gasteiger partial charge is 0.389 e. The third kappa shape index (κ3) is 5.17. The topological polar surface area (TPSA) is 104 Å². The quantitative estimate of drug-likeness (QED) is 0.692. The number of sulfonamides is 2. The van der Waals surface area contributed by atoms with Crippen LogP contribution in [0.5, 0.6) is 0 Å². The van der Waals surface area contributed by atoms with Crippen LogP contribution >= 0.6 is 11.6 Å². The second-order valence-electron chi connectivity index (χ2n) is 7.00. The highest BCUT2D eigenvalue weighted by atomic mass is 35.5. The van der Waals surface area contributed by atoms with Crippen molar-refractivity contribution in [1.29, 1.82) is 0 Å². The summed E-state index contributed by atoms with van der Waals surface area (Å²) in [6, 6.07) is 11.7. The third-order valence-corrected chi connectivity index (χ3v) is 8.60. The summed E-state index contributed by atoms with van der Waals surface area (Å²) in [4.78, 5) is 0.275. The fraction of sp³-hybridized carbons (Fsp3) is 0.368. The van der Waals surface area contributed by atoms with Crippen molar-refractivity contribution < 1.29 is 21.9 Å². The fourth-order valence-corrected chi connectivity index (χ4v) is 6.08. The van der Waals surface area contributed by atoms with E-state index in [9.17, 15) is 21.9 Å². The van der Waals surface area contributed by atoms with Gasteiger partial charge in [0.05, 0.1) is 15.9 Å². The summed E-state index contributed by atoms with van der Waals surface area (Å²) in [5.74, 6) is 0. The van der Waals surface area contributed by atoms with E-state index in [4.69, 9.17) is 11.6 Å². The van der Waals surface area contributed by atoms with E-state index in [0.717, 1.165) is 0 Å².